The third kappa shape index (κ3) is 3.15. The van der Waals surface area contributed by atoms with E-state index in [-0.39, 0.29) is 0 Å². The van der Waals surface area contributed by atoms with Crippen LogP contribution in [0.5, 0.6) is 0 Å². The lowest BCUT2D eigenvalue weighted by Crippen LogP contribution is -2.22. The van der Waals surface area contributed by atoms with Gasteiger partial charge in [0.2, 0.25) is 0 Å². The molecule has 0 aliphatic rings. The van der Waals surface area contributed by atoms with Crippen LogP contribution in [0.3, 0.4) is 0 Å². The van der Waals surface area contributed by atoms with Gasteiger partial charge in [-0.3, -0.25) is 0 Å². The molecule has 12 heavy (non-hydrogen) atoms. The molecule has 1 heterocycles. The molecule has 3 heteroatoms. The number of hydrogen-bond donors (Lipinski definition) is 1. The molecule has 0 fully saturated rings. The van der Waals surface area contributed by atoms with E-state index in [0.717, 1.165) is 11.6 Å². The standard InChI is InChI=1S/C9H14N2S/c1-3-10-8(2)4-5-9-11-6-7-12-9/h4-8,10H,3H2,1-2H3/b5-4+. The molecule has 0 aliphatic heterocycles. The molecule has 1 aromatic heterocycles. The van der Waals surface area contributed by atoms with Crippen LogP contribution in [-0.4, -0.2) is 17.6 Å². The summed E-state index contributed by atoms with van der Waals surface area (Å²) in [5, 5.41) is 6.35. The lowest BCUT2D eigenvalue weighted by Gasteiger charge is -2.04. The predicted octanol–water partition coefficient (Wildman–Crippen LogP) is 2.15. The SMILES string of the molecule is CCNC(C)/C=C/c1nccs1. The molecule has 0 spiro atoms. The normalized spacial score (nSPS) is 13.8. The van der Waals surface area contributed by atoms with Gasteiger partial charge in [-0.05, 0) is 19.5 Å². The van der Waals surface area contributed by atoms with Crippen LogP contribution < -0.4 is 5.32 Å². The Hall–Kier alpha value is -0.670. The van der Waals surface area contributed by atoms with Crippen LogP contribution in [0.1, 0.15) is 18.9 Å². The molecule has 0 aromatic carbocycles. The van der Waals surface area contributed by atoms with Gasteiger partial charge < -0.3 is 5.32 Å². The van der Waals surface area contributed by atoms with E-state index in [9.17, 15) is 0 Å². The molecule has 1 atom stereocenters. The molecule has 66 valence electrons. The molecule has 1 aromatic rings. The number of nitrogens with one attached hydrogen (secondary N) is 1. The Bertz CT molecular complexity index is 229. The van der Waals surface area contributed by atoms with Crippen LogP contribution in [0.15, 0.2) is 17.7 Å². The van der Waals surface area contributed by atoms with Gasteiger partial charge in [0.05, 0.1) is 0 Å². The molecule has 0 amide bonds. The van der Waals surface area contributed by atoms with Crippen molar-refractivity contribution in [2.75, 3.05) is 6.54 Å². The monoisotopic (exact) mass is 182 g/mol. The highest BCUT2D eigenvalue weighted by Gasteiger charge is 1.92. The Morgan fingerprint density at radius 3 is 3.17 bits per heavy atom. The van der Waals surface area contributed by atoms with E-state index in [4.69, 9.17) is 0 Å². The Balaban J connectivity index is 2.40. The molecule has 1 N–H and O–H groups in total. The van der Waals surface area contributed by atoms with Gasteiger partial charge in [0, 0.05) is 17.6 Å². The highest BCUT2D eigenvalue weighted by molar-refractivity contribution is 7.10. The minimum atomic E-state index is 0.430. The summed E-state index contributed by atoms with van der Waals surface area (Å²) in [5.41, 5.74) is 0. The van der Waals surface area contributed by atoms with Crippen molar-refractivity contribution in [1.29, 1.82) is 0 Å². The second-order valence-electron chi connectivity index (χ2n) is 2.58. The summed E-state index contributed by atoms with van der Waals surface area (Å²) < 4.78 is 0. The zero-order valence-corrected chi connectivity index (χ0v) is 8.27. The second-order valence-corrected chi connectivity index (χ2v) is 3.50. The molecule has 0 bridgehead atoms. The maximum atomic E-state index is 4.15. The molecule has 0 saturated carbocycles. The van der Waals surface area contributed by atoms with Gasteiger partial charge in [0.25, 0.3) is 0 Å². The van der Waals surface area contributed by atoms with Crippen LogP contribution in [0.2, 0.25) is 0 Å². The van der Waals surface area contributed by atoms with E-state index < -0.39 is 0 Å². The van der Waals surface area contributed by atoms with Crippen molar-refractivity contribution in [3.05, 3.63) is 22.7 Å². The number of likely N-dealkylation sites (N-methyl/N-ethyl adjacent to an activating group) is 1. The van der Waals surface area contributed by atoms with E-state index in [2.05, 4.69) is 36.3 Å². The number of rotatable bonds is 4. The Morgan fingerprint density at radius 2 is 2.58 bits per heavy atom. The lowest BCUT2D eigenvalue weighted by atomic mass is 10.3. The predicted molar refractivity (Wildman–Crippen MR) is 54.3 cm³/mol. The van der Waals surface area contributed by atoms with Gasteiger partial charge in [0.1, 0.15) is 5.01 Å². The van der Waals surface area contributed by atoms with Gasteiger partial charge in [-0.25, -0.2) is 4.98 Å². The summed E-state index contributed by atoms with van der Waals surface area (Å²) in [6, 6.07) is 0.430. The molecular weight excluding hydrogens is 168 g/mol. The molecule has 1 unspecified atom stereocenters. The molecule has 0 aliphatic carbocycles. The minimum absolute atomic E-state index is 0.430. The maximum Gasteiger partial charge on any atom is 0.115 e. The summed E-state index contributed by atoms with van der Waals surface area (Å²) in [4.78, 5) is 4.15. The quantitative estimate of drug-likeness (QED) is 0.771. The third-order valence-corrected chi connectivity index (χ3v) is 2.25. The smallest absolute Gasteiger partial charge is 0.115 e. The Labute approximate surface area is 77.3 Å². The van der Waals surface area contributed by atoms with Crippen LogP contribution in [0.4, 0.5) is 0 Å². The first-order valence-electron chi connectivity index (χ1n) is 4.14. The van der Waals surface area contributed by atoms with Crippen LogP contribution in [-0.2, 0) is 0 Å². The molecular formula is C9H14N2S. The molecule has 2 nitrogen and oxygen atoms in total. The summed E-state index contributed by atoms with van der Waals surface area (Å²) in [6.07, 6.45) is 6.00. The van der Waals surface area contributed by atoms with E-state index >= 15 is 0 Å². The van der Waals surface area contributed by atoms with Crippen LogP contribution >= 0.6 is 11.3 Å². The Kier molecular flexibility index (Phi) is 3.97. The number of thiazole rings is 1. The van der Waals surface area contributed by atoms with Crippen molar-refractivity contribution < 1.29 is 0 Å². The molecule has 0 radical (unpaired) electrons. The van der Waals surface area contributed by atoms with Crippen molar-refractivity contribution in [2.45, 2.75) is 19.9 Å². The summed E-state index contributed by atoms with van der Waals surface area (Å²) in [6.45, 7) is 5.24. The van der Waals surface area contributed by atoms with Crippen molar-refractivity contribution >= 4 is 17.4 Å². The Morgan fingerprint density at radius 1 is 1.75 bits per heavy atom. The first kappa shape index (κ1) is 9.42. The van der Waals surface area contributed by atoms with E-state index in [1.54, 1.807) is 11.3 Å². The first-order valence-corrected chi connectivity index (χ1v) is 5.02. The first-order chi connectivity index (χ1) is 5.83. The average Bonchev–Trinajstić information content (AvgIpc) is 2.53. The van der Waals surface area contributed by atoms with Gasteiger partial charge in [-0.15, -0.1) is 11.3 Å². The van der Waals surface area contributed by atoms with E-state index in [0.29, 0.717) is 6.04 Å². The average molecular weight is 182 g/mol. The van der Waals surface area contributed by atoms with Crippen LogP contribution in [0, 0.1) is 0 Å². The highest BCUT2D eigenvalue weighted by atomic mass is 32.1. The van der Waals surface area contributed by atoms with Crippen LogP contribution in [0.25, 0.3) is 6.08 Å². The fourth-order valence-electron chi connectivity index (χ4n) is 0.933. The zero-order chi connectivity index (χ0) is 8.81. The summed E-state index contributed by atoms with van der Waals surface area (Å²) in [5.74, 6) is 0. The van der Waals surface area contributed by atoms with Crippen molar-refractivity contribution in [3.63, 3.8) is 0 Å². The van der Waals surface area contributed by atoms with Crippen molar-refractivity contribution in [1.82, 2.24) is 10.3 Å². The van der Waals surface area contributed by atoms with Gasteiger partial charge >= 0.3 is 0 Å². The fraction of sp³-hybridized carbons (Fsp3) is 0.444. The summed E-state index contributed by atoms with van der Waals surface area (Å²) >= 11 is 1.66. The van der Waals surface area contributed by atoms with Crippen molar-refractivity contribution in [2.24, 2.45) is 0 Å². The van der Waals surface area contributed by atoms with Gasteiger partial charge in [-0.2, -0.15) is 0 Å². The van der Waals surface area contributed by atoms with E-state index in [1.165, 1.54) is 0 Å². The zero-order valence-electron chi connectivity index (χ0n) is 7.45. The molecule has 0 saturated heterocycles. The maximum absolute atomic E-state index is 4.15. The third-order valence-electron chi connectivity index (χ3n) is 1.50. The van der Waals surface area contributed by atoms with Gasteiger partial charge in [0.15, 0.2) is 0 Å². The topological polar surface area (TPSA) is 24.9 Å². The summed E-state index contributed by atoms with van der Waals surface area (Å²) in [7, 11) is 0. The van der Waals surface area contributed by atoms with E-state index in [1.807, 2.05) is 11.6 Å². The lowest BCUT2D eigenvalue weighted by molar-refractivity contribution is 0.663. The largest absolute Gasteiger partial charge is 0.311 e. The van der Waals surface area contributed by atoms with Gasteiger partial charge in [-0.1, -0.05) is 13.0 Å². The fourth-order valence-corrected chi connectivity index (χ4v) is 1.47. The second kappa shape index (κ2) is 5.06. The number of aromatic nitrogens is 1. The highest BCUT2D eigenvalue weighted by Crippen LogP contribution is 2.06. The number of nitrogens with zero attached hydrogens (tertiary/aromatic N) is 1. The molecule has 1 rings (SSSR count). The minimum Gasteiger partial charge on any atom is -0.311 e. The van der Waals surface area contributed by atoms with Crippen molar-refractivity contribution in [3.8, 4) is 0 Å². The number of hydrogen-bond acceptors (Lipinski definition) is 3.